The molecule has 2 heterocycles. The van der Waals surface area contributed by atoms with Gasteiger partial charge in [0, 0.05) is 17.0 Å². The quantitative estimate of drug-likeness (QED) is 0.737. The Kier molecular flexibility index (Phi) is 2.69. The van der Waals surface area contributed by atoms with E-state index in [9.17, 15) is 9.90 Å². The van der Waals surface area contributed by atoms with E-state index in [1.165, 1.54) is 4.57 Å². The first-order valence-electron chi connectivity index (χ1n) is 6.56. The Bertz CT molecular complexity index is 853. The number of rotatable bonds is 1. The Morgan fingerprint density at radius 1 is 1.20 bits per heavy atom. The second-order valence-electron chi connectivity index (χ2n) is 5.90. The molecule has 5 heteroatoms. The van der Waals surface area contributed by atoms with E-state index in [1.807, 2.05) is 51.2 Å². The van der Waals surface area contributed by atoms with Crippen LogP contribution in [-0.2, 0) is 12.3 Å². The standard InChI is InChI=1S/C15H17N3O2/c1-15(2,3)18-8-11-10-6-4-5-7-12(10)17(9-19)14(20)13(11)16-18/h4-8,19H,9H2,1-3H3. The van der Waals surface area contributed by atoms with Crippen molar-refractivity contribution < 1.29 is 5.11 Å². The zero-order valence-corrected chi connectivity index (χ0v) is 11.8. The van der Waals surface area contributed by atoms with Crippen molar-refractivity contribution in [3.63, 3.8) is 0 Å². The Morgan fingerprint density at radius 3 is 2.55 bits per heavy atom. The number of benzene rings is 1. The van der Waals surface area contributed by atoms with Gasteiger partial charge in [0.1, 0.15) is 6.73 Å². The highest BCUT2D eigenvalue weighted by atomic mass is 16.3. The molecule has 0 unspecified atom stereocenters. The molecule has 1 aromatic carbocycles. The van der Waals surface area contributed by atoms with Crippen LogP contribution in [0.1, 0.15) is 20.8 Å². The second kappa shape index (κ2) is 4.18. The zero-order valence-electron chi connectivity index (χ0n) is 11.8. The van der Waals surface area contributed by atoms with Crippen molar-refractivity contribution in [3.8, 4) is 0 Å². The number of pyridine rings is 1. The average Bonchev–Trinajstić information content (AvgIpc) is 2.85. The lowest BCUT2D eigenvalue weighted by atomic mass is 10.1. The summed E-state index contributed by atoms with van der Waals surface area (Å²) < 4.78 is 3.14. The first-order chi connectivity index (χ1) is 9.43. The molecule has 0 saturated carbocycles. The lowest BCUT2D eigenvalue weighted by molar-refractivity contribution is 0.212. The lowest BCUT2D eigenvalue weighted by Gasteiger charge is -2.18. The third kappa shape index (κ3) is 1.74. The number of nitrogens with zero attached hydrogens (tertiary/aromatic N) is 3. The highest BCUT2D eigenvalue weighted by molar-refractivity contribution is 6.03. The molecule has 104 valence electrons. The predicted molar refractivity (Wildman–Crippen MR) is 78.7 cm³/mol. The first kappa shape index (κ1) is 12.9. The zero-order chi connectivity index (χ0) is 14.5. The summed E-state index contributed by atoms with van der Waals surface area (Å²) in [6.45, 7) is 5.75. The van der Waals surface area contributed by atoms with E-state index < -0.39 is 0 Å². The van der Waals surface area contributed by atoms with Gasteiger partial charge in [0.2, 0.25) is 0 Å². The molecule has 5 nitrogen and oxygen atoms in total. The van der Waals surface area contributed by atoms with Gasteiger partial charge in [-0.25, -0.2) is 0 Å². The molecule has 0 fully saturated rings. The molecule has 0 amide bonds. The Morgan fingerprint density at radius 2 is 1.90 bits per heavy atom. The number of fused-ring (bicyclic) bond motifs is 3. The Hall–Kier alpha value is -2.14. The van der Waals surface area contributed by atoms with Crippen LogP contribution in [0.25, 0.3) is 21.8 Å². The Balaban J connectivity index is 2.53. The van der Waals surface area contributed by atoms with Gasteiger partial charge in [-0.3, -0.25) is 14.0 Å². The van der Waals surface area contributed by atoms with E-state index in [-0.39, 0.29) is 17.8 Å². The molecular formula is C15H17N3O2. The minimum absolute atomic E-state index is 0.198. The van der Waals surface area contributed by atoms with Crippen LogP contribution >= 0.6 is 0 Å². The maximum Gasteiger partial charge on any atom is 0.281 e. The second-order valence-corrected chi connectivity index (χ2v) is 5.90. The highest BCUT2D eigenvalue weighted by Crippen LogP contribution is 2.24. The summed E-state index contributed by atoms with van der Waals surface area (Å²) in [5.74, 6) is 0. The largest absolute Gasteiger partial charge is 0.376 e. The van der Waals surface area contributed by atoms with Crippen LogP contribution in [0.3, 0.4) is 0 Å². The summed E-state index contributed by atoms with van der Waals surface area (Å²) in [5.41, 5.74) is 0.661. The maximum absolute atomic E-state index is 12.4. The van der Waals surface area contributed by atoms with Crippen LogP contribution in [0.4, 0.5) is 0 Å². The third-order valence-corrected chi connectivity index (χ3v) is 3.48. The van der Waals surface area contributed by atoms with E-state index in [0.29, 0.717) is 5.52 Å². The summed E-state index contributed by atoms with van der Waals surface area (Å²) in [7, 11) is 0. The summed E-state index contributed by atoms with van der Waals surface area (Å²) in [6, 6.07) is 7.55. The summed E-state index contributed by atoms with van der Waals surface area (Å²) >= 11 is 0. The molecular weight excluding hydrogens is 254 g/mol. The van der Waals surface area contributed by atoms with Gasteiger partial charge in [-0.2, -0.15) is 5.10 Å². The molecule has 1 N–H and O–H groups in total. The number of aliphatic hydroxyl groups excluding tert-OH is 1. The van der Waals surface area contributed by atoms with Crippen molar-refractivity contribution in [2.75, 3.05) is 0 Å². The molecule has 0 atom stereocenters. The molecule has 3 rings (SSSR count). The van der Waals surface area contributed by atoms with Crippen LogP contribution in [-0.4, -0.2) is 19.5 Å². The van der Waals surface area contributed by atoms with Crippen molar-refractivity contribution in [3.05, 3.63) is 40.8 Å². The van der Waals surface area contributed by atoms with Gasteiger partial charge in [-0.15, -0.1) is 0 Å². The number of hydrogen-bond acceptors (Lipinski definition) is 3. The summed E-state index contributed by atoms with van der Waals surface area (Å²) in [5, 5.41) is 15.6. The van der Waals surface area contributed by atoms with E-state index in [4.69, 9.17) is 0 Å². The number of aliphatic hydroxyl groups is 1. The van der Waals surface area contributed by atoms with Crippen molar-refractivity contribution in [2.24, 2.45) is 0 Å². The van der Waals surface area contributed by atoms with Crippen LogP contribution < -0.4 is 5.56 Å². The highest BCUT2D eigenvalue weighted by Gasteiger charge is 2.19. The number of para-hydroxylation sites is 1. The molecule has 3 aromatic rings. The molecule has 0 saturated heterocycles. The van der Waals surface area contributed by atoms with Gasteiger partial charge in [0.25, 0.3) is 5.56 Å². The van der Waals surface area contributed by atoms with Crippen molar-refractivity contribution in [1.82, 2.24) is 14.3 Å². The van der Waals surface area contributed by atoms with Gasteiger partial charge < -0.3 is 5.11 Å². The van der Waals surface area contributed by atoms with E-state index >= 15 is 0 Å². The third-order valence-electron chi connectivity index (χ3n) is 3.48. The monoisotopic (exact) mass is 271 g/mol. The fourth-order valence-corrected chi connectivity index (χ4v) is 2.39. The fourth-order valence-electron chi connectivity index (χ4n) is 2.39. The van der Waals surface area contributed by atoms with Crippen LogP contribution in [0.2, 0.25) is 0 Å². The molecule has 0 aliphatic heterocycles. The number of aromatic nitrogens is 3. The van der Waals surface area contributed by atoms with Gasteiger partial charge in [0.05, 0.1) is 11.1 Å². The normalized spacial score (nSPS) is 12.4. The fraction of sp³-hybridized carbons (Fsp3) is 0.333. The van der Waals surface area contributed by atoms with Crippen LogP contribution in [0, 0.1) is 0 Å². The maximum atomic E-state index is 12.4. The van der Waals surface area contributed by atoms with Gasteiger partial charge in [-0.05, 0) is 26.8 Å². The molecule has 2 aromatic heterocycles. The van der Waals surface area contributed by atoms with E-state index in [2.05, 4.69) is 5.10 Å². The average molecular weight is 271 g/mol. The summed E-state index contributed by atoms with van der Waals surface area (Å²) in [6.07, 6.45) is 1.90. The minimum atomic E-state index is -0.350. The number of hydrogen-bond donors (Lipinski definition) is 1. The summed E-state index contributed by atoms with van der Waals surface area (Å²) in [4.78, 5) is 12.4. The van der Waals surface area contributed by atoms with Crippen LogP contribution in [0.15, 0.2) is 35.3 Å². The lowest BCUT2D eigenvalue weighted by Crippen LogP contribution is -2.24. The molecule has 0 spiro atoms. The smallest absolute Gasteiger partial charge is 0.281 e. The van der Waals surface area contributed by atoms with Crippen LogP contribution in [0.5, 0.6) is 0 Å². The van der Waals surface area contributed by atoms with Gasteiger partial charge >= 0.3 is 0 Å². The van der Waals surface area contributed by atoms with Crippen molar-refractivity contribution in [1.29, 1.82) is 0 Å². The molecule has 0 radical (unpaired) electrons. The molecule has 0 bridgehead atoms. The minimum Gasteiger partial charge on any atom is -0.376 e. The molecule has 0 aliphatic carbocycles. The van der Waals surface area contributed by atoms with Gasteiger partial charge in [0.15, 0.2) is 5.52 Å². The Labute approximate surface area is 116 Å². The molecule has 20 heavy (non-hydrogen) atoms. The first-order valence-corrected chi connectivity index (χ1v) is 6.56. The van der Waals surface area contributed by atoms with Crippen molar-refractivity contribution in [2.45, 2.75) is 33.0 Å². The van der Waals surface area contributed by atoms with E-state index in [0.717, 1.165) is 16.3 Å². The van der Waals surface area contributed by atoms with E-state index in [1.54, 1.807) is 4.68 Å². The molecule has 0 aliphatic rings. The SMILES string of the molecule is CC(C)(C)n1cc2c(n1)c(=O)n(CO)c1ccccc21. The van der Waals surface area contributed by atoms with Gasteiger partial charge in [-0.1, -0.05) is 18.2 Å². The van der Waals surface area contributed by atoms with Crippen molar-refractivity contribution >= 4 is 21.8 Å². The topological polar surface area (TPSA) is 60.0 Å². The predicted octanol–water partition coefficient (Wildman–Crippen LogP) is 2.06.